The molecule has 8 heteroatoms. The van der Waals surface area contributed by atoms with Crippen LogP contribution in [0.1, 0.15) is 5.56 Å². The van der Waals surface area contributed by atoms with E-state index in [1.165, 1.54) is 12.1 Å². The van der Waals surface area contributed by atoms with Gasteiger partial charge >= 0.3 is 0 Å². The molecular weight excluding hydrogens is 282 g/mol. The number of non-ortho nitro benzene ring substituents is 2. The smallest absolute Gasteiger partial charge is 0.276 e. The SMILES string of the molecule is NC(Br)Cc1cc([N+](=O)[O-])cc([N+](=O)[O-])c1. The largest absolute Gasteiger partial charge is 0.319 e. The van der Waals surface area contributed by atoms with Gasteiger partial charge in [0, 0.05) is 12.1 Å². The highest BCUT2D eigenvalue weighted by Gasteiger charge is 2.16. The first-order chi connectivity index (χ1) is 7.40. The maximum atomic E-state index is 10.6. The first-order valence-electron chi connectivity index (χ1n) is 4.22. The maximum Gasteiger partial charge on any atom is 0.276 e. The van der Waals surface area contributed by atoms with Crippen molar-refractivity contribution in [1.82, 2.24) is 0 Å². The fourth-order valence-electron chi connectivity index (χ4n) is 1.21. The predicted molar refractivity (Wildman–Crippen MR) is 60.4 cm³/mol. The summed E-state index contributed by atoms with van der Waals surface area (Å²) in [6.45, 7) is 0. The normalized spacial score (nSPS) is 12.1. The molecular formula is C8H8BrN3O4. The van der Waals surface area contributed by atoms with Gasteiger partial charge in [-0.15, -0.1) is 0 Å². The second kappa shape index (κ2) is 4.99. The molecule has 86 valence electrons. The quantitative estimate of drug-likeness (QED) is 0.392. The number of benzene rings is 1. The maximum absolute atomic E-state index is 10.6. The molecule has 1 aromatic carbocycles. The van der Waals surface area contributed by atoms with Crippen molar-refractivity contribution in [2.45, 2.75) is 11.4 Å². The number of rotatable bonds is 4. The molecule has 0 bridgehead atoms. The average Bonchev–Trinajstić information content (AvgIpc) is 2.15. The van der Waals surface area contributed by atoms with Gasteiger partial charge in [0.1, 0.15) is 0 Å². The van der Waals surface area contributed by atoms with Crippen LogP contribution in [-0.4, -0.2) is 14.8 Å². The lowest BCUT2D eigenvalue weighted by Gasteiger charge is -2.03. The van der Waals surface area contributed by atoms with Gasteiger partial charge in [0.2, 0.25) is 0 Å². The topological polar surface area (TPSA) is 112 Å². The van der Waals surface area contributed by atoms with Crippen molar-refractivity contribution in [3.63, 3.8) is 0 Å². The first kappa shape index (κ1) is 12.5. The van der Waals surface area contributed by atoms with Gasteiger partial charge in [-0.2, -0.15) is 0 Å². The molecule has 1 atom stereocenters. The van der Waals surface area contributed by atoms with E-state index >= 15 is 0 Å². The van der Waals surface area contributed by atoms with Crippen molar-refractivity contribution < 1.29 is 9.85 Å². The first-order valence-corrected chi connectivity index (χ1v) is 5.14. The summed E-state index contributed by atoms with van der Waals surface area (Å²) in [6.07, 6.45) is 0.280. The molecule has 1 aromatic rings. The molecule has 0 amide bonds. The summed E-state index contributed by atoms with van der Waals surface area (Å²) in [5.41, 5.74) is 5.29. The van der Waals surface area contributed by atoms with Crippen LogP contribution >= 0.6 is 15.9 Å². The molecule has 0 aliphatic rings. The number of halogens is 1. The second-order valence-corrected chi connectivity index (χ2v) is 4.27. The van der Waals surface area contributed by atoms with Gasteiger partial charge in [0.05, 0.1) is 20.9 Å². The minimum absolute atomic E-state index is 0.280. The summed E-state index contributed by atoms with van der Waals surface area (Å²) >= 11 is 3.07. The van der Waals surface area contributed by atoms with Crippen molar-refractivity contribution in [2.24, 2.45) is 5.73 Å². The Morgan fingerprint density at radius 1 is 1.19 bits per heavy atom. The van der Waals surface area contributed by atoms with Crippen LogP contribution in [0.15, 0.2) is 18.2 Å². The molecule has 2 N–H and O–H groups in total. The third-order valence-electron chi connectivity index (χ3n) is 1.81. The lowest BCUT2D eigenvalue weighted by atomic mass is 10.1. The van der Waals surface area contributed by atoms with Gasteiger partial charge in [0.15, 0.2) is 0 Å². The lowest BCUT2D eigenvalue weighted by molar-refractivity contribution is -0.394. The van der Waals surface area contributed by atoms with Crippen LogP contribution in [0.5, 0.6) is 0 Å². The average molecular weight is 290 g/mol. The third kappa shape index (κ3) is 3.24. The Kier molecular flexibility index (Phi) is 3.91. The Hall–Kier alpha value is -1.54. The van der Waals surface area contributed by atoms with Crippen molar-refractivity contribution in [1.29, 1.82) is 0 Å². The van der Waals surface area contributed by atoms with E-state index in [0.29, 0.717) is 5.56 Å². The zero-order valence-electron chi connectivity index (χ0n) is 8.00. The van der Waals surface area contributed by atoms with Gasteiger partial charge in [-0.25, -0.2) is 0 Å². The molecule has 0 radical (unpaired) electrons. The molecule has 0 aliphatic carbocycles. The highest BCUT2D eigenvalue weighted by atomic mass is 79.9. The Balaban J connectivity index is 3.18. The molecule has 0 heterocycles. The zero-order chi connectivity index (χ0) is 12.3. The Morgan fingerprint density at radius 2 is 1.62 bits per heavy atom. The molecule has 16 heavy (non-hydrogen) atoms. The number of nitrogens with two attached hydrogens (primary N) is 1. The Labute approximate surface area is 98.7 Å². The fourth-order valence-corrected chi connectivity index (χ4v) is 1.58. The lowest BCUT2D eigenvalue weighted by Crippen LogP contribution is -2.14. The van der Waals surface area contributed by atoms with Crippen LogP contribution < -0.4 is 5.73 Å². The summed E-state index contributed by atoms with van der Waals surface area (Å²) in [5, 5.41) is 21.1. The van der Waals surface area contributed by atoms with E-state index in [0.717, 1.165) is 6.07 Å². The predicted octanol–water partition coefficient (Wildman–Crippen LogP) is 1.73. The highest BCUT2D eigenvalue weighted by molar-refractivity contribution is 9.09. The summed E-state index contributed by atoms with van der Waals surface area (Å²) in [6, 6.07) is 3.46. The number of alkyl halides is 1. The number of nitro benzene ring substituents is 2. The van der Waals surface area contributed by atoms with Crippen LogP contribution in [0.4, 0.5) is 11.4 Å². The van der Waals surface area contributed by atoms with Gasteiger partial charge in [-0.3, -0.25) is 20.2 Å². The van der Waals surface area contributed by atoms with Gasteiger partial charge < -0.3 is 5.73 Å². The molecule has 0 spiro atoms. The molecule has 0 aromatic heterocycles. The van der Waals surface area contributed by atoms with Gasteiger partial charge in [0.25, 0.3) is 11.4 Å². The minimum atomic E-state index is -0.670. The number of hydrogen-bond acceptors (Lipinski definition) is 5. The van der Waals surface area contributed by atoms with Crippen molar-refractivity contribution >= 4 is 27.3 Å². The molecule has 1 unspecified atom stereocenters. The van der Waals surface area contributed by atoms with E-state index in [4.69, 9.17) is 5.73 Å². The van der Waals surface area contributed by atoms with Gasteiger partial charge in [-0.05, 0) is 12.0 Å². The van der Waals surface area contributed by atoms with E-state index in [2.05, 4.69) is 15.9 Å². The minimum Gasteiger partial charge on any atom is -0.319 e. The highest BCUT2D eigenvalue weighted by Crippen LogP contribution is 2.23. The molecule has 0 fully saturated rings. The van der Waals surface area contributed by atoms with Gasteiger partial charge in [-0.1, -0.05) is 15.9 Å². The van der Waals surface area contributed by atoms with Crippen molar-refractivity contribution in [3.8, 4) is 0 Å². The molecule has 0 aliphatic heterocycles. The van der Waals surface area contributed by atoms with E-state index in [1.807, 2.05) is 0 Å². The van der Waals surface area contributed by atoms with Crippen LogP contribution in [0, 0.1) is 20.2 Å². The van der Waals surface area contributed by atoms with E-state index in [-0.39, 0.29) is 17.8 Å². The summed E-state index contributed by atoms with van der Waals surface area (Å²) in [5.74, 6) is 0. The van der Waals surface area contributed by atoms with E-state index < -0.39 is 14.8 Å². The summed E-state index contributed by atoms with van der Waals surface area (Å²) < 4.78 is 0. The number of hydrogen-bond donors (Lipinski definition) is 1. The number of nitro groups is 2. The summed E-state index contributed by atoms with van der Waals surface area (Å²) in [7, 11) is 0. The molecule has 7 nitrogen and oxygen atoms in total. The zero-order valence-corrected chi connectivity index (χ0v) is 9.59. The molecule has 0 saturated heterocycles. The summed E-state index contributed by atoms with van der Waals surface area (Å²) in [4.78, 5) is 19.4. The van der Waals surface area contributed by atoms with Crippen LogP contribution in [0.25, 0.3) is 0 Å². The van der Waals surface area contributed by atoms with Crippen LogP contribution in [-0.2, 0) is 6.42 Å². The Bertz CT molecular complexity index is 403. The van der Waals surface area contributed by atoms with Crippen molar-refractivity contribution in [2.75, 3.05) is 0 Å². The fraction of sp³-hybridized carbons (Fsp3) is 0.250. The van der Waals surface area contributed by atoms with Crippen LogP contribution in [0.3, 0.4) is 0 Å². The van der Waals surface area contributed by atoms with E-state index in [9.17, 15) is 20.2 Å². The van der Waals surface area contributed by atoms with Crippen molar-refractivity contribution in [3.05, 3.63) is 44.0 Å². The Morgan fingerprint density at radius 3 is 1.94 bits per heavy atom. The van der Waals surface area contributed by atoms with Crippen LogP contribution in [0.2, 0.25) is 0 Å². The van der Waals surface area contributed by atoms with E-state index in [1.54, 1.807) is 0 Å². The standard InChI is InChI=1S/C8H8BrN3O4/c9-8(10)3-5-1-6(11(13)14)4-7(2-5)12(15)16/h1-2,4,8H,3,10H2. The monoisotopic (exact) mass is 289 g/mol. The number of nitrogens with zero attached hydrogens (tertiary/aromatic N) is 2. The second-order valence-electron chi connectivity index (χ2n) is 3.09. The third-order valence-corrected chi connectivity index (χ3v) is 2.14. The molecule has 0 saturated carbocycles. The molecule has 1 rings (SSSR count).